The van der Waals surface area contributed by atoms with Gasteiger partial charge in [0.25, 0.3) is 11.1 Å². The molecule has 1 amide bonds. The maximum Gasteiger partial charge on any atom is 0.277 e. The normalized spacial score (nSPS) is 15.6. The maximum atomic E-state index is 11.8. The zero-order valence-electron chi connectivity index (χ0n) is 13.6. The molecule has 0 bridgehead atoms. The van der Waals surface area contributed by atoms with Gasteiger partial charge in [-0.3, -0.25) is 4.79 Å². The van der Waals surface area contributed by atoms with E-state index in [0.717, 1.165) is 11.8 Å². The number of hydrogen-bond acceptors (Lipinski definition) is 8. The van der Waals surface area contributed by atoms with Crippen molar-refractivity contribution >= 4 is 17.7 Å². The Morgan fingerprint density at radius 3 is 2.92 bits per heavy atom. The van der Waals surface area contributed by atoms with Gasteiger partial charge in [-0.2, -0.15) is 0 Å². The van der Waals surface area contributed by atoms with Crippen LogP contribution in [0.15, 0.2) is 56.7 Å². The summed E-state index contributed by atoms with van der Waals surface area (Å²) in [5, 5.41) is 11.0. The van der Waals surface area contributed by atoms with Gasteiger partial charge in [0.1, 0.15) is 12.4 Å². The molecule has 134 valence electrons. The predicted molar refractivity (Wildman–Crippen MR) is 90.9 cm³/mol. The number of ether oxygens (including phenoxy) is 2. The number of carbonyl (C=O) groups excluding carboxylic acids is 1. The lowest BCUT2D eigenvalue weighted by molar-refractivity contribution is -0.118. The molecule has 26 heavy (non-hydrogen) atoms. The molecular formula is C17H15N3O5S. The second kappa shape index (κ2) is 7.52. The third-order valence-corrected chi connectivity index (χ3v) is 4.39. The SMILES string of the molecule is O=C(CSc1nnc([C@@H]2COc3ccccc3O2)o1)NCc1ccco1. The lowest BCUT2D eigenvalue weighted by Gasteiger charge is -2.23. The van der Waals surface area contributed by atoms with Crippen LogP contribution in [0.1, 0.15) is 17.8 Å². The van der Waals surface area contributed by atoms with E-state index >= 15 is 0 Å². The predicted octanol–water partition coefficient (Wildman–Crippen LogP) is 2.58. The number of nitrogens with zero attached hydrogens (tertiary/aromatic N) is 2. The average Bonchev–Trinajstić information content (AvgIpc) is 3.36. The smallest absolute Gasteiger partial charge is 0.277 e. The Morgan fingerprint density at radius 2 is 2.08 bits per heavy atom. The third-order valence-electron chi connectivity index (χ3n) is 3.57. The summed E-state index contributed by atoms with van der Waals surface area (Å²) in [6.45, 7) is 0.626. The molecule has 0 spiro atoms. The Labute approximate surface area is 152 Å². The molecule has 4 rings (SSSR count). The summed E-state index contributed by atoms with van der Waals surface area (Å²) in [7, 11) is 0. The van der Waals surface area contributed by atoms with Crippen LogP contribution < -0.4 is 14.8 Å². The van der Waals surface area contributed by atoms with Crippen LogP contribution in [0.5, 0.6) is 11.5 Å². The Bertz CT molecular complexity index is 880. The van der Waals surface area contributed by atoms with Gasteiger partial charge in [-0.05, 0) is 24.3 Å². The van der Waals surface area contributed by atoms with E-state index < -0.39 is 6.10 Å². The van der Waals surface area contributed by atoms with Gasteiger partial charge in [0, 0.05) is 0 Å². The highest BCUT2D eigenvalue weighted by Gasteiger charge is 2.27. The number of aromatic nitrogens is 2. The molecule has 0 fully saturated rings. The first-order chi connectivity index (χ1) is 12.8. The molecular weight excluding hydrogens is 358 g/mol. The molecule has 1 N–H and O–H groups in total. The summed E-state index contributed by atoms with van der Waals surface area (Å²) in [6.07, 6.45) is 1.09. The van der Waals surface area contributed by atoms with E-state index in [1.54, 1.807) is 18.4 Å². The number of carbonyl (C=O) groups is 1. The highest BCUT2D eigenvalue weighted by Crippen LogP contribution is 2.35. The fourth-order valence-corrected chi connectivity index (χ4v) is 2.93. The number of rotatable bonds is 6. The number of thioether (sulfide) groups is 1. The van der Waals surface area contributed by atoms with Gasteiger partial charge in [0.15, 0.2) is 11.5 Å². The largest absolute Gasteiger partial charge is 0.485 e. The molecule has 8 nitrogen and oxygen atoms in total. The highest BCUT2D eigenvalue weighted by molar-refractivity contribution is 7.99. The maximum absolute atomic E-state index is 11.8. The number of fused-ring (bicyclic) bond motifs is 1. The van der Waals surface area contributed by atoms with Gasteiger partial charge < -0.3 is 23.6 Å². The number of nitrogens with one attached hydrogen (secondary N) is 1. The van der Waals surface area contributed by atoms with Gasteiger partial charge in [-0.25, -0.2) is 0 Å². The Balaban J connectivity index is 1.29. The Hall–Kier alpha value is -2.94. The van der Waals surface area contributed by atoms with Crippen molar-refractivity contribution in [2.75, 3.05) is 12.4 Å². The molecule has 0 saturated carbocycles. The van der Waals surface area contributed by atoms with Crippen LogP contribution in [0.3, 0.4) is 0 Å². The van der Waals surface area contributed by atoms with Gasteiger partial charge in [-0.15, -0.1) is 10.2 Å². The summed E-state index contributed by atoms with van der Waals surface area (Å²) in [6, 6.07) is 11.0. The number of para-hydroxylation sites is 2. The van der Waals surface area contributed by atoms with E-state index in [-0.39, 0.29) is 18.3 Å². The standard InChI is InChI=1S/C17H15N3O5S/c21-15(18-8-11-4-3-7-22-11)10-26-17-20-19-16(25-17)14-9-23-12-5-1-2-6-13(12)24-14/h1-7,14H,8-10H2,(H,18,21)/t14-/m0/s1. The second-order valence-electron chi connectivity index (χ2n) is 5.42. The van der Waals surface area contributed by atoms with Crippen molar-refractivity contribution in [3.63, 3.8) is 0 Å². The molecule has 0 aliphatic carbocycles. The quantitative estimate of drug-likeness (QED) is 0.658. The van der Waals surface area contributed by atoms with Crippen molar-refractivity contribution in [1.82, 2.24) is 15.5 Å². The van der Waals surface area contributed by atoms with E-state index in [0.29, 0.717) is 34.9 Å². The summed E-state index contributed by atoms with van der Waals surface area (Å²) in [4.78, 5) is 11.8. The minimum Gasteiger partial charge on any atom is -0.485 e. The summed E-state index contributed by atoms with van der Waals surface area (Å²) < 4.78 is 22.2. The van der Waals surface area contributed by atoms with Gasteiger partial charge in [0.05, 0.1) is 18.6 Å². The summed E-state index contributed by atoms with van der Waals surface area (Å²) in [5.74, 6) is 2.33. The van der Waals surface area contributed by atoms with Crippen LogP contribution in [0, 0.1) is 0 Å². The molecule has 3 heterocycles. The number of benzene rings is 1. The van der Waals surface area contributed by atoms with Gasteiger partial charge in [-0.1, -0.05) is 23.9 Å². The van der Waals surface area contributed by atoms with Crippen molar-refractivity contribution < 1.29 is 23.1 Å². The minimum atomic E-state index is -0.473. The zero-order valence-corrected chi connectivity index (χ0v) is 14.4. The first-order valence-corrected chi connectivity index (χ1v) is 8.90. The molecule has 1 aromatic carbocycles. The van der Waals surface area contributed by atoms with Crippen molar-refractivity contribution in [1.29, 1.82) is 0 Å². The fraction of sp³-hybridized carbons (Fsp3) is 0.235. The Kier molecular flexibility index (Phi) is 4.78. The van der Waals surface area contributed by atoms with Crippen molar-refractivity contribution in [2.45, 2.75) is 17.9 Å². The highest BCUT2D eigenvalue weighted by atomic mass is 32.2. The Morgan fingerprint density at radius 1 is 1.19 bits per heavy atom. The van der Waals surface area contributed by atoms with E-state index in [1.165, 1.54) is 0 Å². The topological polar surface area (TPSA) is 99.6 Å². The molecule has 0 unspecified atom stereocenters. The molecule has 3 aromatic rings. The molecule has 0 saturated heterocycles. The summed E-state index contributed by atoms with van der Waals surface area (Å²) >= 11 is 1.16. The van der Waals surface area contributed by atoms with Crippen LogP contribution in [-0.2, 0) is 11.3 Å². The van der Waals surface area contributed by atoms with Crippen molar-refractivity contribution in [2.24, 2.45) is 0 Å². The number of furan rings is 1. The third kappa shape index (κ3) is 3.83. The summed E-state index contributed by atoms with van der Waals surface area (Å²) in [5.41, 5.74) is 0. The van der Waals surface area contributed by atoms with Crippen LogP contribution in [0.4, 0.5) is 0 Å². The molecule has 1 atom stereocenters. The van der Waals surface area contributed by atoms with E-state index in [2.05, 4.69) is 15.5 Å². The van der Waals surface area contributed by atoms with Crippen molar-refractivity contribution in [3.8, 4) is 11.5 Å². The lowest BCUT2D eigenvalue weighted by Crippen LogP contribution is -2.24. The first kappa shape index (κ1) is 16.5. The number of amides is 1. The van der Waals surface area contributed by atoms with Crippen LogP contribution in [-0.4, -0.2) is 28.5 Å². The van der Waals surface area contributed by atoms with Crippen LogP contribution in [0.25, 0.3) is 0 Å². The van der Waals surface area contributed by atoms with Crippen LogP contribution in [0.2, 0.25) is 0 Å². The minimum absolute atomic E-state index is 0.155. The van der Waals surface area contributed by atoms with Gasteiger partial charge in [0.2, 0.25) is 12.0 Å². The van der Waals surface area contributed by atoms with Crippen molar-refractivity contribution in [3.05, 3.63) is 54.3 Å². The fourth-order valence-electron chi connectivity index (χ4n) is 2.33. The first-order valence-electron chi connectivity index (χ1n) is 7.92. The monoisotopic (exact) mass is 373 g/mol. The lowest BCUT2D eigenvalue weighted by atomic mass is 10.2. The average molecular weight is 373 g/mol. The molecule has 2 aromatic heterocycles. The molecule has 0 radical (unpaired) electrons. The zero-order chi connectivity index (χ0) is 17.8. The van der Waals surface area contributed by atoms with E-state index in [4.69, 9.17) is 18.3 Å². The van der Waals surface area contributed by atoms with Crippen LogP contribution >= 0.6 is 11.8 Å². The second-order valence-corrected chi connectivity index (χ2v) is 6.34. The molecule has 1 aliphatic heterocycles. The molecule has 1 aliphatic rings. The molecule has 9 heteroatoms. The van der Waals surface area contributed by atoms with E-state index in [9.17, 15) is 4.79 Å². The van der Waals surface area contributed by atoms with E-state index in [1.807, 2.05) is 24.3 Å². The number of hydrogen-bond donors (Lipinski definition) is 1. The van der Waals surface area contributed by atoms with Gasteiger partial charge >= 0.3 is 0 Å².